The van der Waals surface area contributed by atoms with Crippen LogP contribution in [0.4, 0.5) is 69.8 Å². The van der Waals surface area contributed by atoms with Crippen molar-refractivity contribution in [2.24, 2.45) is 0 Å². The second-order valence-corrected chi connectivity index (χ2v) is 25.7. The van der Waals surface area contributed by atoms with Gasteiger partial charge in [0.2, 0.25) is 53.5 Å². The van der Waals surface area contributed by atoms with Crippen LogP contribution < -0.4 is 51.9 Å². The quantitative estimate of drug-likeness (QED) is 0.0396. The molecule has 0 atom stereocenters. The third-order valence-corrected chi connectivity index (χ3v) is 17.5. The lowest BCUT2D eigenvalue weighted by Crippen LogP contribution is -2.44. The van der Waals surface area contributed by atoms with Crippen LogP contribution in [0.5, 0.6) is 0 Å². The molecule has 3 aliphatic heterocycles. The SMILES string of the molecule is Cc1cccc(NC(=O)c2ccc(C)c(Nc3nc(N4CCC(O)CC4)nc(-n4ccnc4)n3)c2)c1.Cc1cccc(NC(=O)c2ccc(C)c(Nc3nc(N4CCNCC4)nc(-n4ccnc4)n3)c2)c1.Cc1cccc(NC(=O)c2ccc(C)c(Nc3nc(N4CCOCC4)nc(-n4ccnc4)n3)c2)c1. The molecule has 0 radical (unpaired) electrons. The number of piperazine rings is 1. The van der Waals surface area contributed by atoms with Gasteiger partial charge in [-0.05, 0) is 161 Å². The van der Waals surface area contributed by atoms with Crippen molar-refractivity contribution in [2.45, 2.75) is 60.5 Å². The van der Waals surface area contributed by atoms with Crippen molar-refractivity contribution in [3.63, 3.8) is 0 Å². The Hall–Kier alpha value is -12.9. The normalized spacial score (nSPS) is 13.7. The molecular weight excluding hydrogens is 1340 g/mol. The first-order valence-electron chi connectivity index (χ1n) is 34.8. The molecule has 9 heterocycles. The maximum Gasteiger partial charge on any atom is 0.255 e. The molecule has 0 saturated carbocycles. The molecule has 3 aliphatic rings. The van der Waals surface area contributed by atoms with Gasteiger partial charge in [-0.3, -0.25) is 28.1 Å². The Bertz CT molecular complexity index is 4810. The fourth-order valence-electron chi connectivity index (χ4n) is 11.7. The van der Waals surface area contributed by atoms with E-state index in [0.29, 0.717) is 122 Å². The number of piperidine rings is 1. The average Bonchev–Trinajstić information content (AvgIpc) is 1.17. The van der Waals surface area contributed by atoms with Crippen molar-refractivity contribution < 1.29 is 24.2 Å². The zero-order valence-corrected chi connectivity index (χ0v) is 59.5. The molecule has 6 aromatic heterocycles. The summed E-state index contributed by atoms with van der Waals surface area (Å²) in [7, 11) is 0. The molecule has 106 heavy (non-hydrogen) atoms. The Morgan fingerprint density at radius 1 is 0.406 bits per heavy atom. The van der Waals surface area contributed by atoms with Crippen molar-refractivity contribution in [3.8, 4) is 17.8 Å². The standard InChI is InChI=1S/C26H28N8O2.C25H27N9O.C25H26N8O2/c1-17-4-3-5-20(14-17)28-23(36)19-7-6-18(2)22(15-19)29-24-30-25(33-11-8-21(35)9-12-33)32-26(31-24)34-13-10-27-16-34;1-17-4-3-5-20(14-17)28-22(35)19-7-6-18(2)21(15-19)29-23-30-24(33-11-8-26-9-12-33)32-25(31-23)34-13-10-27-16-34;1-17-4-3-5-20(14-17)27-22(34)19-7-6-18(2)21(15-19)28-23-29-24(32-10-12-35-13-11-32)31-25(30-23)33-9-8-26-16-33/h3-7,10,13-16,21,35H,8-9,11-12H2,1-2H3,(H,28,36)(H,29,30,31,32);3-7,10,13-16,26H,8-9,11-12H2,1-2H3,(H,28,35)(H,29,30,31,32);3-9,14-16H,10-13H2,1-2H3,(H,27,34)(H,28,29,30,31). The lowest BCUT2D eigenvalue weighted by molar-refractivity contribution is 0.101. The van der Waals surface area contributed by atoms with E-state index < -0.39 is 0 Å². The summed E-state index contributed by atoms with van der Waals surface area (Å²) >= 11 is 0. The average molecular weight is 1420 g/mol. The zero-order chi connectivity index (χ0) is 73.5. The van der Waals surface area contributed by atoms with Gasteiger partial charge in [-0.25, -0.2) is 15.0 Å². The topological polar surface area (TPSA) is 344 Å². The highest BCUT2D eigenvalue weighted by Gasteiger charge is 2.24. The van der Waals surface area contributed by atoms with Gasteiger partial charge in [0, 0.05) is 140 Å². The van der Waals surface area contributed by atoms with Crippen LogP contribution in [0.1, 0.15) is 77.3 Å². The molecule has 12 aromatic rings. The first kappa shape index (κ1) is 71.5. The van der Waals surface area contributed by atoms with Crippen LogP contribution in [0.25, 0.3) is 17.8 Å². The highest BCUT2D eigenvalue weighted by Crippen LogP contribution is 2.29. The minimum Gasteiger partial charge on any atom is -0.393 e. The number of morpholine rings is 1. The summed E-state index contributed by atoms with van der Waals surface area (Å²) in [5.41, 5.74) is 12.1. The molecule has 3 saturated heterocycles. The van der Waals surface area contributed by atoms with Gasteiger partial charge in [-0.15, -0.1) is 0 Å². The van der Waals surface area contributed by atoms with Crippen molar-refractivity contribution in [3.05, 3.63) is 234 Å². The maximum atomic E-state index is 12.9. The molecular formula is C76H81N25O5. The number of imidazole rings is 3. The van der Waals surface area contributed by atoms with Crippen LogP contribution in [-0.2, 0) is 4.74 Å². The van der Waals surface area contributed by atoms with E-state index in [1.807, 2.05) is 150 Å². The van der Waals surface area contributed by atoms with Crippen LogP contribution in [0.15, 0.2) is 184 Å². The molecule has 540 valence electrons. The zero-order valence-electron chi connectivity index (χ0n) is 59.5. The number of aliphatic hydroxyl groups excluding tert-OH is 1. The van der Waals surface area contributed by atoms with Crippen molar-refractivity contribution in [1.29, 1.82) is 0 Å². The van der Waals surface area contributed by atoms with Gasteiger partial charge in [-0.2, -0.15) is 44.9 Å². The Morgan fingerprint density at radius 3 is 1.07 bits per heavy atom. The predicted molar refractivity (Wildman–Crippen MR) is 407 cm³/mol. The van der Waals surface area contributed by atoms with Crippen molar-refractivity contribution >= 4 is 87.5 Å². The Labute approximate surface area is 611 Å². The monoisotopic (exact) mass is 1420 g/mol. The summed E-state index contributed by atoms with van der Waals surface area (Å²) in [6, 6.07) is 39.6. The number of hydrogen-bond donors (Lipinski definition) is 8. The van der Waals surface area contributed by atoms with E-state index in [1.54, 1.807) is 94.1 Å². The van der Waals surface area contributed by atoms with Gasteiger partial charge in [0.15, 0.2) is 0 Å². The minimum atomic E-state index is -0.301. The van der Waals surface area contributed by atoms with Crippen LogP contribution in [0.3, 0.4) is 0 Å². The van der Waals surface area contributed by atoms with Gasteiger partial charge >= 0.3 is 0 Å². The van der Waals surface area contributed by atoms with Crippen LogP contribution in [-0.4, -0.2) is 168 Å². The number of nitrogens with one attached hydrogen (secondary N) is 7. The summed E-state index contributed by atoms with van der Waals surface area (Å²) in [4.78, 5) is 99.0. The number of aromatic nitrogens is 15. The molecule has 30 nitrogen and oxygen atoms in total. The van der Waals surface area contributed by atoms with E-state index in [-0.39, 0.29) is 23.8 Å². The number of ether oxygens (including phenoxy) is 1. The van der Waals surface area contributed by atoms with E-state index >= 15 is 0 Å². The Morgan fingerprint density at radius 2 is 0.736 bits per heavy atom. The summed E-state index contributed by atoms with van der Waals surface area (Å²) in [6.07, 6.45) is 16.3. The van der Waals surface area contributed by atoms with E-state index in [0.717, 1.165) is 93.7 Å². The van der Waals surface area contributed by atoms with Gasteiger partial charge in [0.1, 0.15) is 19.0 Å². The summed E-state index contributed by atoms with van der Waals surface area (Å²) in [5.74, 6) is 3.58. The second kappa shape index (κ2) is 33.5. The number of rotatable bonds is 18. The molecule has 30 heteroatoms. The first-order valence-corrected chi connectivity index (χ1v) is 34.8. The van der Waals surface area contributed by atoms with Gasteiger partial charge < -0.3 is 61.8 Å². The number of hydrogen-bond acceptors (Lipinski definition) is 24. The van der Waals surface area contributed by atoms with E-state index in [9.17, 15) is 19.5 Å². The van der Waals surface area contributed by atoms with Crippen LogP contribution in [0, 0.1) is 41.5 Å². The minimum absolute atomic E-state index is 0.185. The second-order valence-electron chi connectivity index (χ2n) is 25.7. The molecule has 6 aromatic carbocycles. The number of aliphatic hydroxyl groups is 1. The van der Waals surface area contributed by atoms with Gasteiger partial charge in [0.05, 0.1) is 19.3 Å². The van der Waals surface area contributed by atoms with Crippen molar-refractivity contribution in [2.75, 3.05) is 112 Å². The lowest BCUT2D eigenvalue weighted by Gasteiger charge is -2.29. The Balaban J connectivity index is 0.000000141. The third kappa shape index (κ3) is 18.6. The summed E-state index contributed by atoms with van der Waals surface area (Å²) < 4.78 is 10.7. The molecule has 0 bridgehead atoms. The van der Waals surface area contributed by atoms with Crippen LogP contribution in [0.2, 0.25) is 0 Å². The van der Waals surface area contributed by atoms with Crippen molar-refractivity contribution in [1.82, 2.24) is 78.8 Å². The molecule has 0 aliphatic carbocycles. The van der Waals surface area contributed by atoms with Gasteiger partial charge in [-0.1, -0.05) is 54.6 Å². The first-order chi connectivity index (χ1) is 51.5. The molecule has 8 N–H and O–H groups in total. The van der Waals surface area contributed by atoms with E-state index in [1.165, 1.54) is 0 Å². The highest BCUT2D eigenvalue weighted by atomic mass is 16.5. The smallest absolute Gasteiger partial charge is 0.255 e. The summed E-state index contributed by atoms with van der Waals surface area (Å²) in [6.45, 7) is 19.1. The number of aryl methyl sites for hydroxylation is 6. The number of nitrogens with zero attached hydrogens (tertiary/aromatic N) is 18. The van der Waals surface area contributed by atoms with E-state index in [4.69, 9.17) is 4.74 Å². The summed E-state index contributed by atoms with van der Waals surface area (Å²) in [5, 5.41) is 32.0. The Kier molecular flexibility index (Phi) is 22.6. The molecule has 0 spiro atoms. The third-order valence-electron chi connectivity index (χ3n) is 17.5. The molecule has 15 rings (SSSR count). The number of carbonyl (C=O) groups excluding carboxylic acids is 3. The lowest BCUT2D eigenvalue weighted by atomic mass is 10.1. The number of amides is 3. The fraction of sp³-hybridized carbons (Fsp3) is 0.250. The number of benzene rings is 6. The predicted octanol–water partition coefficient (Wildman–Crippen LogP) is 10.2. The van der Waals surface area contributed by atoms with E-state index in [2.05, 4.69) is 107 Å². The fourth-order valence-corrected chi connectivity index (χ4v) is 11.7. The van der Waals surface area contributed by atoms with Gasteiger partial charge in [0.25, 0.3) is 17.7 Å². The van der Waals surface area contributed by atoms with Crippen LogP contribution >= 0.6 is 0 Å². The largest absolute Gasteiger partial charge is 0.393 e. The molecule has 3 fully saturated rings. The maximum absolute atomic E-state index is 12.9. The molecule has 0 unspecified atom stereocenters. The molecule has 3 amide bonds. The number of carbonyl (C=O) groups is 3. The number of anilines is 12. The highest BCUT2D eigenvalue weighted by molar-refractivity contribution is 6.06.